The van der Waals surface area contributed by atoms with Gasteiger partial charge in [-0.15, -0.1) is 0 Å². The lowest BCUT2D eigenvalue weighted by molar-refractivity contribution is -0.197. The Kier molecular flexibility index (Phi) is 5.48. The molecule has 1 aromatic carbocycles. The van der Waals surface area contributed by atoms with Crippen LogP contribution >= 0.6 is 0 Å². The molecule has 1 N–H and O–H groups in total. The van der Waals surface area contributed by atoms with Crippen molar-refractivity contribution in [3.05, 3.63) is 33.9 Å². The fraction of sp³-hybridized carbons (Fsp3) is 0.500. The van der Waals surface area contributed by atoms with Gasteiger partial charge < -0.3 is 4.74 Å². The van der Waals surface area contributed by atoms with Gasteiger partial charge in [0, 0.05) is 0 Å². The van der Waals surface area contributed by atoms with E-state index in [1.807, 2.05) is 0 Å². The smallest absolute Gasteiger partial charge is 0.426 e. The number of aryl methyl sites for hydroxylation is 2. The number of hydrogen-bond donors (Lipinski definition) is 1. The molecule has 0 amide bonds. The van der Waals surface area contributed by atoms with Crippen molar-refractivity contribution < 1.29 is 35.7 Å². The minimum Gasteiger partial charge on any atom is -0.448 e. The summed E-state index contributed by atoms with van der Waals surface area (Å²) in [5.41, 5.74) is 2.25. The number of alkyl halides is 3. The van der Waals surface area contributed by atoms with Crippen molar-refractivity contribution in [1.82, 2.24) is 0 Å². The van der Waals surface area contributed by atoms with Crippen molar-refractivity contribution in [1.29, 1.82) is 0 Å². The molecule has 0 fully saturated rings. The Bertz CT molecular complexity index is 697. The molecule has 0 heterocycles. The summed E-state index contributed by atoms with van der Waals surface area (Å²) in [7, 11) is -4.97. The molecular weight excluding hydrogens is 337 g/mol. The largest absolute Gasteiger partial charge is 0.448 e. The van der Waals surface area contributed by atoms with E-state index in [2.05, 4.69) is 4.74 Å². The Morgan fingerprint density at radius 3 is 1.96 bits per heavy atom. The zero-order valence-electron chi connectivity index (χ0n) is 13.0. The second-order valence-corrected chi connectivity index (χ2v) is 6.82. The van der Waals surface area contributed by atoms with Crippen LogP contribution in [-0.4, -0.2) is 37.0 Å². The molecule has 0 aromatic heterocycles. The molecule has 9 heteroatoms. The van der Waals surface area contributed by atoms with Gasteiger partial charge in [-0.1, -0.05) is 6.07 Å². The van der Waals surface area contributed by atoms with Gasteiger partial charge in [0.25, 0.3) is 10.1 Å². The molecule has 5 nitrogen and oxygen atoms in total. The van der Waals surface area contributed by atoms with Crippen LogP contribution in [0.5, 0.6) is 0 Å². The molecule has 1 unspecified atom stereocenters. The summed E-state index contributed by atoms with van der Waals surface area (Å²) in [5, 5.41) is 0. The Hall–Kier alpha value is -1.61. The molecule has 1 aromatic rings. The van der Waals surface area contributed by atoms with Crippen molar-refractivity contribution in [3.63, 3.8) is 0 Å². The van der Waals surface area contributed by atoms with E-state index in [9.17, 15) is 26.4 Å². The number of carbonyl (C=O) groups is 1. The monoisotopic (exact) mass is 354 g/mol. The number of rotatable bonds is 4. The summed E-state index contributed by atoms with van der Waals surface area (Å²) in [4.78, 5) is 12.1. The first-order valence-electron chi connectivity index (χ1n) is 6.54. The number of halogens is 3. The highest BCUT2D eigenvalue weighted by atomic mass is 32.2. The highest BCUT2D eigenvalue weighted by Crippen LogP contribution is 2.28. The predicted octanol–water partition coefficient (Wildman–Crippen LogP) is 2.90. The van der Waals surface area contributed by atoms with Crippen LogP contribution in [0.2, 0.25) is 0 Å². The molecule has 0 aliphatic heterocycles. The Morgan fingerprint density at radius 1 is 1.17 bits per heavy atom. The standard InChI is InChI=1S/C14H17F3O5S/c1-7-5-8(2)10(4)12(9(7)3)13(18)22-11(14(15,16)17)6-23(19,20)21/h5,11H,6H2,1-4H3,(H,19,20,21). The van der Waals surface area contributed by atoms with Gasteiger partial charge >= 0.3 is 12.1 Å². The van der Waals surface area contributed by atoms with Crippen LogP contribution in [0.15, 0.2) is 6.07 Å². The molecule has 0 saturated carbocycles. The number of carbonyl (C=O) groups excluding carboxylic acids is 1. The van der Waals surface area contributed by atoms with E-state index < -0.39 is 34.1 Å². The van der Waals surface area contributed by atoms with Crippen LogP contribution in [0.4, 0.5) is 13.2 Å². The fourth-order valence-electron chi connectivity index (χ4n) is 2.10. The highest BCUT2D eigenvalue weighted by molar-refractivity contribution is 7.85. The maximum Gasteiger partial charge on any atom is 0.426 e. The van der Waals surface area contributed by atoms with Gasteiger partial charge in [0.1, 0.15) is 5.75 Å². The van der Waals surface area contributed by atoms with Crippen molar-refractivity contribution >= 4 is 16.1 Å². The molecular formula is C14H17F3O5S. The maximum atomic E-state index is 12.8. The summed E-state index contributed by atoms with van der Waals surface area (Å²) in [5.74, 6) is -3.02. The van der Waals surface area contributed by atoms with E-state index in [0.717, 1.165) is 0 Å². The van der Waals surface area contributed by atoms with Gasteiger partial charge in [-0.25, -0.2) is 4.79 Å². The fourth-order valence-corrected chi connectivity index (χ4v) is 2.74. The minimum absolute atomic E-state index is 0.0351. The van der Waals surface area contributed by atoms with Crippen molar-refractivity contribution in [2.75, 3.05) is 5.75 Å². The third kappa shape index (κ3) is 4.93. The van der Waals surface area contributed by atoms with Gasteiger partial charge in [0.15, 0.2) is 0 Å². The van der Waals surface area contributed by atoms with Crippen LogP contribution in [0.25, 0.3) is 0 Å². The first-order valence-corrected chi connectivity index (χ1v) is 8.15. The third-order valence-corrected chi connectivity index (χ3v) is 4.27. The van der Waals surface area contributed by atoms with Gasteiger partial charge in [-0.2, -0.15) is 21.6 Å². The second-order valence-electron chi connectivity index (χ2n) is 5.32. The molecule has 0 radical (unpaired) electrons. The highest BCUT2D eigenvalue weighted by Gasteiger charge is 2.45. The molecule has 1 rings (SSSR count). The van der Waals surface area contributed by atoms with Gasteiger partial charge in [0.05, 0.1) is 5.56 Å². The van der Waals surface area contributed by atoms with Crippen LogP contribution < -0.4 is 0 Å². The topological polar surface area (TPSA) is 80.7 Å². The number of hydrogen-bond acceptors (Lipinski definition) is 4. The zero-order chi connectivity index (χ0) is 18.2. The number of benzene rings is 1. The van der Waals surface area contributed by atoms with Crippen LogP contribution in [0, 0.1) is 27.7 Å². The zero-order valence-corrected chi connectivity index (χ0v) is 13.8. The lowest BCUT2D eigenvalue weighted by atomic mass is 9.94. The van der Waals surface area contributed by atoms with Crippen molar-refractivity contribution in [2.45, 2.75) is 40.0 Å². The Morgan fingerprint density at radius 2 is 1.61 bits per heavy atom. The van der Waals surface area contributed by atoms with Gasteiger partial charge in [0.2, 0.25) is 6.10 Å². The van der Waals surface area contributed by atoms with E-state index in [4.69, 9.17) is 4.55 Å². The summed E-state index contributed by atoms with van der Waals surface area (Å²) >= 11 is 0. The Balaban J connectivity index is 3.24. The number of ether oxygens (including phenoxy) is 1. The Labute approximate surface area is 132 Å². The predicted molar refractivity (Wildman–Crippen MR) is 77.1 cm³/mol. The molecule has 1 atom stereocenters. The average molecular weight is 354 g/mol. The second kappa shape index (κ2) is 6.48. The van der Waals surface area contributed by atoms with Crippen LogP contribution in [0.1, 0.15) is 32.6 Å². The molecule has 23 heavy (non-hydrogen) atoms. The van der Waals surface area contributed by atoms with E-state index in [0.29, 0.717) is 22.3 Å². The summed E-state index contributed by atoms with van der Waals surface area (Å²) in [6.45, 7) is 6.50. The molecule has 0 aliphatic carbocycles. The minimum atomic E-state index is -5.12. The summed E-state index contributed by atoms with van der Waals surface area (Å²) < 4.78 is 72.9. The van der Waals surface area contributed by atoms with Gasteiger partial charge in [-0.05, 0) is 49.9 Å². The number of esters is 1. The SMILES string of the molecule is Cc1cc(C)c(C)c(C(=O)OC(CS(=O)(=O)O)C(F)(F)F)c1C. The van der Waals surface area contributed by atoms with Crippen LogP contribution in [-0.2, 0) is 14.9 Å². The average Bonchev–Trinajstić information content (AvgIpc) is 2.33. The lowest BCUT2D eigenvalue weighted by Crippen LogP contribution is -2.39. The third-order valence-electron chi connectivity index (χ3n) is 3.55. The molecule has 0 bridgehead atoms. The van der Waals surface area contributed by atoms with Gasteiger partial charge in [-0.3, -0.25) is 4.55 Å². The first-order chi connectivity index (χ1) is 10.2. The molecule has 0 saturated heterocycles. The molecule has 0 aliphatic rings. The van der Waals surface area contributed by atoms with E-state index in [1.54, 1.807) is 33.8 Å². The van der Waals surface area contributed by atoms with E-state index in [-0.39, 0.29) is 5.56 Å². The van der Waals surface area contributed by atoms with Crippen molar-refractivity contribution in [2.24, 2.45) is 0 Å². The maximum absolute atomic E-state index is 12.8. The van der Waals surface area contributed by atoms with E-state index >= 15 is 0 Å². The van der Waals surface area contributed by atoms with Crippen molar-refractivity contribution in [3.8, 4) is 0 Å². The van der Waals surface area contributed by atoms with E-state index in [1.165, 1.54) is 0 Å². The quantitative estimate of drug-likeness (QED) is 0.664. The summed E-state index contributed by atoms with van der Waals surface area (Å²) in [6.07, 6.45) is -8.06. The lowest BCUT2D eigenvalue weighted by Gasteiger charge is -2.21. The molecule has 0 spiro atoms. The molecule has 130 valence electrons. The first kappa shape index (κ1) is 19.4. The summed E-state index contributed by atoms with van der Waals surface area (Å²) in [6, 6.07) is 1.78. The van der Waals surface area contributed by atoms with Crippen LogP contribution in [0.3, 0.4) is 0 Å². The normalized spacial score (nSPS) is 13.7.